The first-order valence-electron chi connectivity index (χ1n) is 4.32. The summed E-state index contributed by atoms with van der Waals surface area (Å²) in [4.78, 5) is 8.54. The predicted octanol–water partition coefficient (Wildman–Crippen LogP) is 0.961. The highest BCUT2D eigenvalue weighted by Gasteiger charge is 2.13. The van der Waals surface area contributed by atoms with E-state index in [-0.39, 0.29) is 0 Å². The Morgan fingerprint density at radius 2 is 2.46 bits per heavy atom. The van der Waals surface area contributed by atoms with E-state index in [2.05, 4.69) is 14.5 Å². The van der Waals surface area contributed by atoms with Gasteiger partial charge in [-0.25, -0.2) is 4.98 Å². The summed E-state index contributed by atoms with van der Waals surface area (Å²) in [5.41, 5.74) is 2.12. The lowest BCUT2D eigenvalue weighted by Gasteiger charge is -2.14. The summed E-state index contributed by atoms with van der Waals surface area (Å²) in [6.07, 6.45) is 3.62. The first-order chi connectivity index (χ1) is 6.45. The largest absolute Gasteiger partial charge is 0.372 e. The molecule has 4 nitrogen and oxygen atoms in total. The maximum Gasteiger partial charge on any atom is 0.136 e. The van der Waals surface area contributed by atoms with Gasteiger partial charge in [-0.1, -0.05) is 0 Å². The number of hydrogen-bond donors (Lipinski definition) is 0. The van der Waals surface area contributed by atoms with Crippen LogP contribution < -0.4 is 0 Å². The number of pyridine rings is 1. The Hall–Kier alpha value is -1.42. The lowest BCUT2D eigenvalue weighted by Crippen LogP contribution is -2.16. The van der Waals surface area contributed by atoms with E-state index in [1.807, 2.05) is 12.3 Å². The Balaban J connectivity index is 2.34. The third kappa shape index (κ3) is 0.954. The summed E-state index contributed by atoms with van der Waals surface area (Å²) in [5.74, 6) is 1.01. The normalized spacial score (nSPS) is 16.0. The Morgan fingerprint density at radius 3 is 3.46 bits per heavy atom. The Labute approximate surface area is 75.2 Å². The van der Waals surface area contributed by atoms with Crippen LogP contribution in [-0.2, 0) is 17.9 Å². The average Bonchev–Trinajstić information content (AvgIpc) is 2.56. The van der Waals surface area contributed by atoms with Crippen molar-refractivity contribution in [3.63, 3.8) is 0 Å². The Bertz CT molecular complexity index is 449. The summed E-state index contributed by atoms with van der Waals surface area (Å²) in [6.45, 7) is 2.28. The van der Waals surface area contributed by atoms with Gasteiger partial charge >= 0.3 is 0 Å². The monoisotopic (exact) mass is 175 g/mol. The minimum absolute atomic E-state index is 0.620. The van der Waals surface area contributed by atoms with Gasteiger partial charge < -0.3 is 9.30 Å². The van der Waals surface area contributed by atoms with Gasteiger partial charge in [-0.15, -0.1) is 0 Å². The van der Waals surface area contributed by atoms with Gasteiger partial charge in [-0.2, -0.15) is 0 Å². The van der Waals surface area contributed by atoms with E-state index in [1.165, 1.54) is 0 Å². The van der Waals surface area contributed by atoms with Crippen LogP contribution in [0.15, 0.2) is 18.5 Å². The second-order valence-corrected chi connectivity index (χ2v) is 3.10. The molecule has 0 saturated carbocycles. The van der Waals surface area contributed by atoms with Gasteiger partial charge in [-0.05, 0) is 6.07 Å². The summed E-state index contributed by atoms with van der Waals surface area (Å²) in [5, 5.41) is 0. The molecule has 0 radical (unpaired) electrons. The quantitative estimate of drug-likeness (QED) is 0.598. The zero-order chi connectivity index (χ0) is 8.67. The molecule has 0 aromatic carbocycles. The Kier molecular flexibility index (Phi) is 1.37. The summed E-state index contributed by atoms with van der Waals surface area (Å²) in [6, 6.07) is 1.93. The van der Waals surface area contributed by atoms with Crippen LogP contribution in [0.5, 0.6) is 0 Å². The first kappa shape index (κ1) is 7.03. The second-order valence-electron chi connectivity index (χ2n) is 3.10. The third-order valence-electron chi connectivity index (χ3n) is 2.32. The molecule has 1 aliphatic rings. The van der Waals surface area contributed by atoms with E-state index in [0.717, 1.165) is 30.0 Å². The van der Waals surface area contributed by atoms with Gasteiger partial charge in [0.2, 0.25) is 0 Å². The van der Waals surface area contributed by atoms with Crippen LogP contribution in [0.4, 0.5) is 0 Å². The number of ether oxygens (including phenoxy) is 1. The van der Waals surface area contributed by atoms with Crippen LogP contribution in [-0.4, -0.2) is 21.1 Å². The fraction of sp³-hybridized carbons (Fsp3) is 0.333. The van der Waals surface area contributed by atoms with Crippen LogP contribution in [0.2, 0.25) is 0 Å². The fourth-order valence-electron chi connectivity index (χ4n) is 1.70. The van der Waals surface area contributed by atoms with Crippen LogP contribution >= 0.6 is 0 Å². The molecule has 0 aliphatic carbocycles. The zero-order valence-electron chi connectivity index (χ0n) is 7.10. The fourth-order valence-corrected chi connectivity index (χ4v) is 1.70. The number of nitrogens with zero attached hydrogens (tertiary/aromatic N) is 3. The van der Waals surface area contributed by atoms with E-state index in [0.29, 0.717) is 6.61 Å². The molecule has 0 fully saturated rings. The Morgan fingerprint density at radius 1 is 1.46 bits per heavy atom. The lowest BCUT2D eigenvalue weighted by molar-refractivity contribution is 0.0830. The van der Waals surface area contributed by atoms with Crippen molar-refractivity contribution in [1.82, 2.24) is 14.5 Å². The van der Waals surface area contributed by atoms with Gasteiger partial charge in [0.15, 0.2) is 0 Å². The van der Waals surface area contributed by atoms with Crippen molar-refractivity contribution in [2.24, 2.45) is 0 Å². The van der Waals surface area contributed by atoms with E-state index >= 15 is 0 Å². The minimum atomic E-state index is 0.620. The molecule has 0 spiro atoms. The molecule has 0 amide bonds. The molecule has 1 aliphatic heterocycles. The number of imidazole rings is 1. The van der Waals surface area contributed by atoms with Crippen molar-refractivity contribution < 1.29 is 4.74 Å². The van der Waals surface area contributed by atoms with Crippen LogP contribution in [0, 0.1) is 0 Å². The smallest absolute Gasteiger partial charge is 0.136 e. The van der Waals surface area contributed by atoms with Gasteiger partial charge in [0.1, 0.15) is 12.4 Å². The van der Waals surface area contributed by atoms with Crippen molar-refractivity contribution in [1.29, 1.82) is 0 Å². The van der Waals surface area contributed by atoms with Crippen molar-refractivity contribution in [2.75, 3.05) is 6.61 Å². The molecular weight excluding hydrogens is 166 g/mol. The van der Waals surface area contributed by atoms with Crippen LogP contribution in [0.3, 0.4) is 0 Å². The van der Waals surface area contributed by atoms with E-state index < -0.39 is 0 Å². The highest BCUT2D eigenvalue weighted by atomic mass is 16.5. The molecule has 13 heavy (non-hydrogen) atoms. The van der Waals surface area contributed by atoms with Gasteiger partial charge in [0.25, 0.3) is 0 Å². The SMILES string of the molecule is c1cc2nc3n(c2cn1)CCOC3. The molecule has 0 atom stereocenters. The highest BCUT2D eigenvalue weighted by molar-refractivity contribution is 5.74. The van der Waals surface area contributed by atoms with Crippen molar-refractivity contribution in [2.45, 2.75) is 13.2 Å². The van der Waals surface area contributed by atoms with Crippen LogP contribution in [0.1, 0.15) is 5.82 Å². The second kappa shape index (κ2) is 2.53. The van der Waals surface area contributed by atoms with Crippen LogP contribution in [0.25, 0.3) is 11.0 Å². The highest BCUT2D eigenvalue weighted by Crippen LogP contribution is 2.17. The number of hydrogen-bond acceptors (Lipinski definition) is 3. The van der Waals surface area contributed by atoms with Gasteiger partial charge in [-0.3, -0.25) is 4.98 Å². The maximum absolute atomic E-state index is 5.32. The van der Waals surface area contributed by atoms with E-state index in [4.69, 9.17) is 4.74 Å². The predicted molar refractivity (Wildman–Crippen MR) is 47.2 cm³/mol. The minimum Gasteiger partial charge on any atom is -0.372 e. The van der Waals surface area contributed by atoms with Crippen molar-refractivity contribution in [3.8, 4) is 0 Å². The molecule has 2 aromatic rings. The van der Waals surface area contributed by atoms with Gasteiger partial charge in [0, 0.05) is 12.7 Å². The zero-order valence-corrected chi connectivity index (χ0v) is 7.10. The average molecular weight is 175 g/mol. The molecule has 3 rings (SSSR count). The van der Waals surface area contributed by atoms with Gasteiger partial charge in [0.05, 0.1) is 23.8 Å². The van der Waals surface area contributed by atoms with Crippen molar-refractivity contribution >= 4 is 11.0 Å². The molecule has 66 valence electrons. The molecule has 0 saturated heterocycles. The number of rotatable bonds is 0. The van der Waals surface area contributed by atoms with Crippen molar-refractivity contribution in [3.05, 3.63) is 24.3 Å². The molecular formula is C9H9N3O. The molecule has 2 aromatic heterocycles. The first-order valence-corrected chi connectivity index (χ1v) is 4.32. The standard InChI is InChI=1S/C9H9N3O/c1-2-10-5-8-7(1)11-9-6-13-4-3-12(8)9/h1-2,5H,3-4,6H2. The molecule has 0 bridgehead atoms. The third-order valence-corrected chi connectivity index (χ3v) is 2.32. The number of fused-ring (bicyclic) bond motifs is 3. The summed E-state index contributed by atoms with van der Waals surface area (Å²) < 4.78 is 7.49. The van der Waals surface area contributed by atoms with E-state index in [9.17, 15) is 0 Å². The summed E-state index contributed by atoms with van der Waals surface area (Å²) in [7, 11) is 0. The molecule has 3 heterocycles. The topological polar surface area (TPSA) is 39.9 Å². The molecule has 4 heteroatoms. The molecule has 0 N–H and O–H groups in total. The lowest BCUT2D eigenvalue weighted by atomic mass is 10.4. The molecule has 0 unspecified atom stereocenters. The summed E-state index contributed by atoms with van der Waals surface area (Å²) >= 11 is 0. The van der Waals surface area contributed by atoms with E-state index in [1.54, 1.807) is 6.20 Å². The number of aromatic nitrogens is 3. The maximum atomic E-state index is 5.32.